The van der Waals surface area contributed by atoms with Gasteiger partial charge in [0, 0.05) is 7.11 Å². The van der Waals surface area contributed by atoms with Gasteiger partial charge in [-0.3, -0.25) is 0 Å². The molecule has 1 saturated heterocycles. The highest BCUT2D eigenvalue weighted by Crippen LogP contribution is 2.14. The van der Waals surface area contributed by atoms with Crippen LogP contribution >= 0.6 is 0 Å². The van der Waals surface area contributed by atoms with Gasteiger partial charge in [-0.1, -0.05) is 12.2 Å². The second kappa shape index (κ2) is 3.74. The van der Waals surface area contributed by atoms with E-state index >= 15 is 0 Å². The first-order valence-electron chi connectivity index (χ1n) is 3.60. The van der Waals surface area contributed by atoms with Gasteiger partial charge in [0.25, 0.3) is 0 Å². The molecule has 0 spiro atoms. The second-order valence-electron chi connectivity index (χ2n) is 2.64. The molecule has 0 aromatic rings. The molecule has 0 N–H and O–H groups in total. The number of hydrogen-bond acceptors (Lipinski definition) is 2. The molecule has 2 nitrogen and oxygen atoms in total. The zero-order valence-corrected chi connectivity index (χ0v) is 6.43. The molecule has 0 aliphatic carbocycles. The minimum Gasteiger partial charge on any atom is -0.379 e. The normalized spacial score (nSPS) is 28.1. The summed E-state index contributed by atoms with van der Waals surface area (Å²) in [5, 5.41) is 0. The van der Waals surface area contributed by atoms with Gasteiger partial charge in [-0.2, -0.15) is 0 Å². The Morgan fingerprint density at radius 2 is 2.50 bits per heavy atom. The van der Waals surface area contributed by atoms with Crippen molar-refractivity contribution in [2.45, 2.75) is 18.9 Å². The Kier molecular flexibility index (Phi) is 2.90. The van der Waals surface area contributed by atoms with Crippen LogP contribution in [0.1, 0.15) is 12.8 Å². The average Bonchev–Trinajstić information content (AvgIpc) is 2.13. The molecule has 0 amide bonds. The molecule has 1 aliphatic rings. The molecule has 10 heavy (non-hydrogen) atoms. The van der Waals surface area contributed by atoms with Crippen LogP contribution in [0.5, 0.6) is 0 Å². The average molecular weight is 142 g/mol. The van der Waals surface area contributed by atoms with Crippen molar-refractivity contribution in [3.05, 3.63) is 12.2 Å². The topological polar surface area (TPSA) is 18.5 Å². The first-order valence-corrected chi connectivity index (χ1v) is 3.60. The van der Waals surface area contributed by atoms with Crippen LogP contribution < -0.4 is 0 Å². The van der Waals surface area contributed by atoms with E-state index in [0.717, 1.165) is 26.1 Å². The SMILES string of the molecule is C=C1CCOC[C@H](OC)C1. The van der Waals surface area contributed by atoms with Crippen LogP contribution in [-0.4, -0.2) is 26.4 Å². The summed E-state index contributed by atoms with van der Waals surface area (Å²) in [4.78, 5) is 0. The minimum absolute atomic E-state index is 0.231. The molecule has 1 atom stereocenters. The van der Waals surface area contributed by atoms with Crippen LogP contribution in [0, 0.1) is 0 Å². The Morgan fingerprint density at radius 1 is 1.70 bits per heavy atom. The molecule has 0 bridgehead atoms. The van der Waals surface area contributed by atoms with Gasteiger partial charge in [-0.25, -0.2) is 0 Å². The van der Waals surface area contributed by atoms with Crippen molar-refractivity contribution in [3.8, 4) is 0 Å². The first kappa shape index (κ1) is 7.76. The van der Waals surface area contributed by atoms with Crippen LogP contribution in [0.15, 0.2) is 12.2 Å². The Hall–Kier alpha value is -0.340. The van der Waals surface area contributed by atoms with Crippen molar-refractivity contribution >= 4 is 0 Å². The molecular weight excluding hydrogens is 128 g/mol. The van der Waals surface area contributed by atoms with Crippen molar-refractivity contribution < 1.29 is 9.47 Å². The van der Waals surface area contributed by atoms with E-state index in [4.69, 9.17) is 9.47 Å². The molecule has 0 radical (unpaired) electrons. The number of rotatable bonds is 1. The summed E-state index contributed by atoms with van der Waals surface area (Å²) in [5.74, 6) is 0. The molecule has 1 fully saturated rings. The number of ether oxygens (including phenoxy) is 2. The van der Waals surface area contributed by atoms with E-state index in [1.54, 1.807) is 7.11 Å². The van der Waals surface area contributed by atoms with Crippen LogP contribution in [0.4, 0.5) is 0 Å². The number of hydrogen-bond donors (Lipinski definition) is 0. The monoisotopic (exact) mass is 142 g/mol. The second-order valence-corrected chi connectivity index (χ2v) is 2.64. The van der Waals surface area contributed by atoms with E-state index in [-0.39, 0.29) is 6.10 Å². The minimum atomic E-state index is 0.231. The van der Waals surface area contributed by atoms with Crippen molar-refractivity contribution in [2.24, 2.45) is 0 Å². The third-order valence-corrected chi connectivity index (χ3v) is 1.75. The lowest BCUT2D eigenvalue weighted by Crippen LogP contribution is -2.15. The van der Waals surface area contributed by atoms with E-state index in [2.05, 4.69) is 6.58 Å². The number of methoxy groups -OCH3 is 1. The van der Waals surface area contributed by atoms with Crippen LogP contribution in [0.2, 0.25) is 0 Å². The van der Waals surface area contributed by atoms with Crippen molar-refractivity contribution in [2.75, 3.05) is 20.3 Å². The fourth-order valence-corrected chi connectivity index (χ4v) is 1.07. The van der Waals surface area contributed by atoms with E-state index in [0.29, 0.717) is 0 Å². The maximum Gasteiger partial charge on any atom is 0.0841 e. The summed E-state index contributed by atoms with van der Waals surface area (Å²) in [5.41, 5.74) is 1.24. The molecule has 2 heteroatoms. The summed E-state index contributed by atoms with van der Waals surface area (Å²) in [6, 6.07) is 0. The fourth-order valence-electron chi connectivity index (χ4n) is 1.07. The highest BCUT2D eigenvalue weighted by atomic mass is 16.5. The molecule has 0 saturated carbocycles. The quantitative estimate of drug-likeness (QED) is 0.515. The van der Waals surface area contributed by atoms with E-state index < -0.39 is 0 Å². The highest BCUT2D eigenvalue weighted by Gasteiger charge is 2.12. The summed E-state index contributed by atoms with van der Waals surface area (Å²) >= 11 is 0. The Morgan fingerprint density at radius 3 is 3.20 bits per heavy atom. The largest absolute Gasteiger partial charge is 0.379 e. The summed E-state index contributed by atoms with van der Waals surface area (Å²) in [6.07, 6.45) is 2.17. The molecule has 1 rings (SSSR count). The van der Waals surface area contributed by atoms with Gasteiger partial charge < -0.3 is 9.47 Å². The Balaban J connectivity index is 2.38. The standard InChI is InChI=1S/C8H14O2/c1-7-3-4-10-6-8(5-7)9-2/h8H,1,3-6H2,2H3/t8-/m1/s1. The maximum absolute atomic E-state index is 5.28. The van der Waals surface area contributed by atoms with Crippen molar-refractivity contribution in [3.63, 3.8) is 0 Å². The lowest BCUT2D eigenvalue weighted by atomic mass is 10.1. The molecule has 58 valence electrons. The van der Waals surface area contributed by atoms with Gasteiger partial charge in [-0.15, -0.1) is 0 Å². The molecular formula is C8H14O2. The van der Waals surface area contributed by atoms with Gasteiger partial charge in [0.1, 0.15) is 0 Å². The van der Waals surface area contributed by atoms with Crippen LogP contribution in [0.25, 0.3) is 0 Å². The predicted octanol–water partition coefficient (Wildman–Crippen LogP) is 1.37. The molecule has 0 unspecified atom stereocenters. The Bertz CT molecular complexity index is 120. The summed E-state index contributed by atoms with van der Waals surface area (Å²) in [6.45, 7) is 5.43. The summed E-state index contributed by atoms with van der Waals surface area (Å²) < 4.78 is 10.4. The van der Waals surface area contributed by atoms with Crippen LogP contribution in [-0.2, 0) is 9.47 Å². The van der Waals surface area contributed by atoms with Gasteiger partial charge in [-0.05, 0) is 12.8 Å². The lowest BCUT2D eigenvalue weighted by Gasteiger charge is -2.10. The van der Waals surface area contributed by atoms with Gasteiger partial charge in [0.15, 0.2) is 0 Å². The molecule has 0 aromatic heterocycles. The third kappa shape index (κ3) is 2.12. The van der Waals surface area contributed by atoms with Crippen molar-refractivity contribution in [1.29, 1.82) is 0 Å². The van der Waals surface area contributed by atoms with Crippen molar-refractivity contribution in [1.82, 2.24) is 0 Å². The lowest BCUT2D eigenvalue weighted by molar-refractivity contribution is 0.0214. The van der Waals surface area contributed by atoms with Gasteiger partial charge >= 0.3 is 0 Å². The maximum atomic E-state index is 5.28. The third-order valence-electron chi connectivity index (χ3n) is 1.75. The molecule has 0 aromatic carbocycles. The van der Waals surface area contributed by atoms with E-state index in [9.17, 15) is 0 Å². The van der Waals surface area contributed by atoms with E-state index in [1.165, 1.54) is 5.57 Å². The first-order chi connectivity index (χ1) is 4.83. The zero-order chi connectivity index (χ0) is 7.40. The highest BCUT2D eigenvalue weighted by molar-refractivity contribution is 4.97. The summed E-state index contributed by atoms with van der Waals surface area (Å²) in [7, 11) is 1.71. The van der Waals surface area contributed by atoms with E-state index in [1.807, 2.05) is 0 Å². The van der Waals surface area contributed by atoms with Crippen LogP contribution in [0.3, 0.4) is 0 Å². The molecule has 1 aliphatic heterocycles. The zero-order valence-electron chi connectivity index (χ0n) is 6.43. The fraction of sp³-hybridized carbons (Fsp3) is 0.750. The molecule has 1 heterocycles. The predicted molar refractivity (Wildman–Crippen MR) is 40.0 cm³/mol. The smallest absolute Gasteiger partial charge is 0.0841 e. The van der Waals surface area contributed by atoms with Gasteiger partial charge in [0.2, 0.25) is 0 Å². The Labute approximate surface area is 61.8 Å². The van der Waals surface area contributed by atoms with Gasteiger partial charge in [0.05, 0.1) is 19.3 Å².